The number of hydrogen-bond donors (Lipinski definition) is 1. The van der Waals surface area contributed by atoms with Gasteiger partial charge in [0.15, 0.2) is 0 Å². The molecule has 0 saturated heterocycles. The van der Waals surface area contributed by atoms with Crippen LogP contribution in [-0.2, 0) is 6.42 Å². The van der Waals surface area contributed by atoms with Crippen LogP contribution >= 0.6 is 11.6 Å². The molecule has 0 radical (unpaired) electrons. The zero-order chi connectivity index (χ0) is 14.5. The molecule has 0 saturated carbocycles. The summed E-state index contributed by atoms with van der Waals surface area (Å²) in [7, 11) is 2.05. The van der Waals surface area contributed by atoms with Crippen LogP contribution in [0.3, 0.4) is 0 Å². The second-order valence-electron chi connectivity index (χ2n) is 4.87. The Kier molecular flexibility index (Phi) is 4.99. The summed E-state index contributed by atoms with van der Waals surface area (Å²) in [6.07, 6.45) is 2.65. The molecule has 0 bridgehead atoms. The summed E-state index contributed by atoms with van der Waals surface area (Å²) >= 11 is 6.07. The van der Waals surface area contributed by atoms with Crippen LogP contribution in [0.1, 0.15) is 24.1 Å². The van der Waals surface area contributed by atoms with Crippen LogP contribution in [0.25, 0.3) is 0 Å². The Morgan fingerprint density at radius 3 is 2.80 bits per heavy atom. The molecule has 0 spiro atoms. The Labute approximate surface area is 125 Å². The summed E-state index contributed by atoms with van der Waals surface area (Å²) in [6.45, 7) is 2.77. The van der Waals surface area contributed by atoms with Crippen molar-refractivity contribution in [2.24, 2.45) is 5.73 Å². The Hall–Kier alpha value is -1.58. The van der Waals surface area contributed by atoms with Crippen LogP contribution in [0.4, 0.5) is 5.82 Å². The van der Waals surface area contributed by atoms with Crippen LogP contribution in [0.15, 0.2) is 42.6 Å². The van der Waals surface area contributed by atoms with E-state index in [0.717, 1.165) is 17.3 Å². The van der Waals surface area contributed by atoms with Gasteiger partial charge in [-0.2, -0.15) is 0 Å². The SMILES string of the molecule is CC(c1cccc(Cl)c1)N(C)c1ncccc1CCN. The van der Waals surface area contributed by atoms with Crippen LogP contribution in [0, 0.1) is 0 Å². The van der Waals surface area contributed by atoms with Gasteiger partial charge in [0.05, 0.1) is 6.04 Å². The smallest absolute Gasteiger partial charge is 0.131 e. The predicted octanol–water partition coefficient (Wildman–Crippen LogP) is 3.43. The molecule has 1 atom stereocenters. The standard InChI is InChI=1S/C16H20ClN3/c1-12(14-5-3-7-15(17)11-14)20(2)16-13(8-9-18)6-4-10-19-16/h3-7,10-12H,8-9,18H2,1-2H3. The van der Waals surface area contributed by atoms with Crippen molar-refractivity contribution < 1.29 is 0 Å². The zero-order valence-electron chi connectivity index (χ0n) is 11.9. The van der Waals surface area contributed by atoms with Gasteiger partial charge < -0.3 is 10.6 Å². The number of halogens is 1. The highest BCUT2D eigenvalue weighted by atomic mass is 35.5. The summed E-state index contributed by atoms with van der Waals surface area (Å²) in [4.78, 5) is 6.67. The average molecular weight is 290 g/mol. The second kappa shape index (κ2) is 6.73. The number of hydrogen-bond acceptors (Lipinski definition) is 3. The highest BCUT2D eigenvalue weighted by molar-refractivity contribution is 6.30. The molecule has 0 amide bonds. The molecule has 1 unspecified atom stereocenters. The van der Waals surface area contributed by atoms with Crippen molar-refractivity contribution in [2.45, 2.75) is 19.4 Å². The van der Waals surface area contributed by atoms with Crippen molar-refractivity contribution in [3.8, 4) is 0 Å². The largest absolute Gasteiger partial charge is 0.353 e. The summed E-state index contributed by atoms with van der Waals surface area (Å²) in [5, 5.41) is 0.756. The number of aromatic nitrogens is 1. The summed E-state index contributed by atoms with van der Waals surface area (Å²) in [5.74, 6) is 0.977. The molecule has 1 aromatic carbocycles. The lowest BCUT2D eigenvalue weighted by Crippen LogP contribution is -2.24. The molecule has 1 aromatic heterocycles. The third-order valence-corrected chi connectivity index (χ3v) is 3.76. The number of anilines is 1. The van der Waals surface area contributed by atoms with E-state index in [-0.39, 0.29) is 6.04 Å². The third kappa shape index (κ3) is 3.30. The minimum absolute atomic E-state index is 0.195. The van der Waals surface area contributed by atoms with Crippen molar-refractivity contribution in [3.63, 3.8) is 0 Å². The van der Waals surface area contributed by atoms with Crippen LogP contribution in [0.2, 0.25) is 5.02 Å². The molecule has 1 heterocycles. The molecule has 106 valence electrons. The Morgan fingerprint density at radius 2 is 2.10 bits per heavy atom. The van der Waals surface area contributed by atoms with Gasteiger partial charge in [-0.05, 0) is 49.2 Å². The van der Waals surface area contributed by atoms with Crippen molar-refractivity contribution in [2.75, 3.05) is 18.5 Å². The van der Waals surface area contributed by atoms with Crippen LogP contribution in [-0.4, -0.2) is 18.6 Å². The number of nitrogens with zero attached hydrogens (tertiary/aromatic N) is 2. The van der Waals surface area contributed by atoms with Gasteiger partial charge in [0.2, 0.25) is 0 Å². The van der Waals surface area contributed by atoms with Crippen molar-refractivity contribution in [1.29, 1.82) is 0 Å². The molecule has 0 fully saturated rings. The molecule has 3 nitrogen and oxygen atoms in total. The monoisotopic (exact) mass is 289 g/mol. The zero-order valence-corrected chi connectivity index (χ0v) is 12.6. The fourth-order valence-electron chi connectivity index (χ4n) is 2.27. The van der Waals surface area contributed by atoms with Crippen molar-refractivity contribution in [3.05, 3.63) is 58.7 Å². The molecule has 20 heavy (non-hydrogen) atoms. The first kappa shape index (κ1) is 14.8. The summed E-state index contributed by atoms with van der Waals surface area (Å²) in [6, 6.07) is 12.2. The van der Waals surface area contributed by atoms with Crippen LogP contribution < -0.4 is 10.6 Å². The van der Waals surface area contributed by atoms with E-state index in [1.165, 1.54) is 11.1 Å². The van der Waals surface area contributed by atoms with E-state index >= 15 is 0 Å². The molecule has 0 aliphatic carbocycles. The molecule has 2 N–H and O–H groups in total. The lowest BCUT2D eigenvalue weighted by atomic mass is 10.1. The molecular formula is C16H20ClN3. The minimum Gasteiger partial charge on any atom is -0.353 e. The lowest BCUT2D eigenvalue weighted by Gasteiger charge is -2.28. The highest BCUT2D eigenvalue weighted by Gasteiger charge is 2.16. The minimum atomic E-state index is 0.195. The Bertz CT molecular complexity index is 571. The van der Waals surface area contributed by atoms with Gasteiger partial charge in [-0.15, -0.1) is 0 Å². The third-order valence-electron chi connectivity index (χ3n) is 3.53. The average Bonchev–Trinajstić information content (AvgIpc) is 2.47. The fraction of sp³-hybridized carbons (Fsp3) is 0.312. The normalized spacial score (nSPS) is 12.2. The van der Waals surface area contributed by atoms with Crippen LogP contribution in [0.5, 0.6) is 0 Å². The van der Waals surface area contributed by atoms with Gasteiger partial charge in [0.1, 0.15) is 5.82 Å². The van der Waals surface area contributed by atoms with E-state index in [1.807, 2.05) is 37.5 Å². The van der Waals surface area contributed by atoms with E-state index in [9.17, 15) is 0 Å². The topological polar surface area (TPSA) is 42.2 Å². The van der Waals surface area contributed by atoms with Crippen molar-refractivity contribution in [1.82, 2.24) is 4.98 Å². The number of rotatable bonds is 5. The molecule has 0 aliphatic rings. The first-order valence-corrected chi connectivity index (χ1v) is 7.13. The number of benzene rings is 1. The highest BCUT2D eigenvalue weighted by Crippen LogP contribution is 2.27. The number of nitrogens with two attached hydrogens (primary N) is 1. The maximum Gasteiger partial charge on any atom is 0.131 e. The first-order chi connectivity index (χ1) is 9.63. The van der Waals surface area contributed by atoms with E-state index in [2.05, 4.69) is 28.9 Å². The maximum atomic E-state index is 6.07. The Balaban J connectivity index is 2.28. The fourth-order valence-corrected chi connectivity index (χ4v) is 2.47. The predicted molar refractivity (Wildman–Crippen MR) is 85.3 cm³/mol. The Morgan fingerprint density at radius 1 is 1.30 bits per heavy atom. The van der Waals surface area contributed by atoms with Gasteiger partial charge in [0, 0.05) is 18.3 Å². The van der Waals surface area contributed by atoms with Gasteiger partial charge in [-0.1, -0.05) is 29.8 Å². The van der Waals surface area contributed by atoms with Gasteiger partial charge in [-0.3, -0.25) is 0 Å². The summed E-state index contributed by atoms with van der Waals surface area (Å²) < 4.78 is 0. The molecule has 0 aliphatic heterocycles. The molecule has 2 aromatic rings. The number of pyridine rings is 1. The van der Waals surface area contributed by atoms with Gasteiger partial charge >= 0.3 is 0 Å². The summed E-state index contributed by atoms with van der Waals surface area (Å²) in [5.41, 5.74) is 8.02. The van der Waals surface area contributed by atoms with E-state index in [4.69, 9.17) is 17.3 Å². The first-order valence-electron chi connectivity index (χ1n) is 6.75. The van der Waals surface area contributed by atoms with E-state index < -0.39 is 0 Å². The van der Waals surface area contributed by atoms with E-state index in [0.29, 0.717) is 6.54 Å². The lowest BCUT2D eigenvalue weighted by molar-refractivity contribution is 0.722. The second-order valence-corrected chi connectivity index (χ2v) is 5.30. The van der Waals surface area contributed by atoms with Crippen molar-refractivity contribution >= 4 is 17.4 Å². The maximum absolute atomic E-state index is 6.07. The molecule has 2 rings (SSSR count). The van der Waals surface area contributed by atoms with E-state index in [1.54, 1.807) is 0 Å². The molecule has 4 heteroatoms. The van der Waals surface area contributed by atoms with Gasteiger partial charge in [-0.25, -0.2) is 4.98 Å². The van der Waals surface area contributed by atoms with Gasteiger partial charge in [0.25, 0.3) is 0 Å². The quantitative estimate of drug-likeness (QED) is 0.917. The molecular weight excluding hydrogens is 270 g/mol.